The minimum absolute atomic E-state index is 0.0470. The Morgan fingerprint density at radius 2 is 1.85 bits per heavy atom. The lowest BCUT2D eigenvalue weighted by Gasteiger charge is -2.27. The summed E-state index contributed by atoms with van der Waals surface area (Å²) in [6.45, 7) is 0. The Balaban J connectivity index is 1.50. The molecule has 1 atom stereocenters. The quantitative estimate of drug-likeness (QED) is 0.408. The molecule has 2 aliphatic rings. The second-order valence-electron chi connectivity index (χ2n) is 7.77. The predicted molar refractivity (Wildman–Crippen MR) is 111 cm³/mol. The zero-order valence-electron chi connectivity index (χ0n) is 17.1. The largest absolute Gasteiger partial charge is 0.426 e. The first-order chi connectivity index (χ1) is 15.6. The van der Waals surface area contributed by atoms with Gasteiger partial charge < -0.3 is 11.1 Å². The van der Waals surface area contributed by atoms with E-state index in [1.165, 1.54) is 36.5 Å². The molecule has 2 aromatic rings. The van der Waals surface area contributed by atoms with Gasteiger partial charge in [0.05, 0.1) is 11.7 Å². The molecule has 1 aliphatic carbocycles. The molecule has 5 N–H and O–H groups in total. The number of hydrogen-bond acceptors (Lipinski definition) is 5. The van der Waals surface area contributed by atoms with Crippen molar-refractivity contribution < 1.29 is 26.7 Å². The summed E-state index contributed by atoms with van der Waals surface area (Å²) in [6, 6.07) is 7.57. The highest BCUT2D eigenvalue weighted by Gasteiger charge is 2.65. The van der Waals surface area contributed by atoms with Crippen LogP contribution in [0, 0.1) is 11.6 Å². The Hall–Kier alpha value is -3.31. The van der Waals surface area contributed by atoms with Gasteiger partial charge in [-0.25, -0.2) is 24.6 Å². The molecule has 1 amide bonds. The van der Waals surface area contributed by atoms with E-state index in [2.05, 4.69) is 21.2 Å². The topological polar surface area (TPSA) is 111 Å². The van der Waals surface area contributed by atoms with Crippen molar-refractivity contribution in [3.05, 3.63) is 77.0 Å². The van der Waals surface area contributed by atoms with E-state index in [9.17, 15) is 26.7 Å². The maximum Gasteiger partial charge on any atom is 0.426 e. The number of benzene rings is 2. The highest BCUT2D eigenvalue weighted by atomic mass is 19.4. The fraction of sp³-hybridized carbons (Fsp3) is 0.273. The first kappa shape index (κ1) is 22.9. The van der Waals surface area contributed by atoms with Gasteiger partial charge in [0.25, 0.3) is 5.91 Å². The number of aliphatic imine (C=N–C) groups is 1. The Labute approximate surface area is 185 Å². The second-order valence-corrected chi connectivity index (χ2v) is 7.77. The van der Waals surface area contributed by atoms with Crippen LogP contribution in [0.3, 0.4) is 0 Å². The van der Waals surface area contributed by atoms with Gasteiger partial charge in [-0.1, -0.05) is 12.1 Å². The van der Waals surface area contributed by atoms with Crippen LogP contribution in [0.5, 0.6) is 0 Å². The molecule has 174 valence electrons. The number of nitrogens with two attached hydrogens (primary N) is 1. The van der Waals surface area contributed by atoms with E-state index < -0.39 is 35.4 Å². The van der Waals surface area contributed by atoms with Crippen LogP contribution in [0.15, 0.2) is 59.2 Å². The van der Waals surface area contributed by atoms with Crippen LogP contribution in [0.2, 0.25) is 0 Å². The molecule has 1 saturated heterocycles. The molecule has 2 aromatic carbocycles. The molecular formula is C22H20F5N5O. The lowest BCUT2D eigenvalue weighted by molar-refractivity contribution is -0.165. The van der Waals surface area contributed by atoms with E-state index in [1.54, 1.807) is 0 Å². The summed E-state index contributed by atoms with van der Waals surface area (Å²) >= 11 is 0. The van der Waals surface area contributed by atoms with E-state index >= 15 is 0 Å². The van der Waals surface area contributed by atoms with E-state index in [1.807, 2.05) is 0 Å². The molecule has 11 heteroatoms. The fourth-order valence-corrected chi connectivity index (χ4v) is 3.80. The molecule has 1 aliphatic heterocycles. The van der Waals surface area contributed by atoms with E-state index in [4.69, 9.17) is 5.73 Å². The van der Waals surface area contributed by atoms with Crippen LogP contribution < -0.4 is 21.9 Å². The van der Waals surface area contributed by atoms with Gasteiger partial charge in [0.1, 0.15) is 5.82 Å². The lowest BCUT2D eigenvalue weighted by Crippen LogP contribution is -2.41. The molecular weight excluding hydrogens is 445 g/mol. The normalized spacial score (nSPS) is 22.4. The first-order valence-corrected chi connectivity index (χ1v) is 10.1. The zero-order valence-corrected chi connectivity index (χ0v) is 17.1. The lowest BCUT2D eigenvalue weighted by atomic mass is 9.88. The highest BCUT2D eigenvalue weighted by Crippen LogP contribution is 2.42. The molecule has 6 nitrogen and oxygen atoms in total. The summed E-state index contributed by atoms with van der Waals surface area (Å²) < 4.78 is 66.8. The van der Waals surface area contributed by atoms with Crippen molar-refractivity contribution >= 4 is 17.3 Å². The van der Waals surface area contributed by atoms with Crippen LogP contribution in [0.4, 0.5) is 27.6 Å². The van der Waals surface area contributed by atoms with Crippen LogP contribution in [-0.4, -0.2) is 23.8 Å². The van der Waals surface area contributed by atoms with Gasteiger partial charge >= 0.3 is 6.18 Å². The van der Waals surface area contributed by atoms with Gasteiger partial charge in [0.15, 0.2) is 5.82 Å². The van der Waals surface area contributed by atoms with Crippen molar-refractivity contribution in [3.63, 3.8) is 0 Å². The van der Waals surface area contributed by atoms with Crippen LogP contribution in [0.25, 0.3) is 0 Å². The van der Waals surface area contributed by atoms with Crippen molar-refractivity contribution in [2.24, 2.45) is 10.7 Å². The molecule has 1 heterocycles. The molecule has 1 unspecified atom stereocenters. The molecule has 1 saturated carbocycles. The van der Waals surface area contributed by atoms with Crippen LogP contribution in [-0.2, 0) is 5.66 Å². The molecule has 0 aromatic heterocycles. The third-order valence-corrected chi connectivity index (χ3v) is 5.65. The summed E-state index contributed by atoms with van der Waals surface area (Å²) in [5, 5.41) is 2.80. The SMILES string of the molecule is N/C=C1\C(=Nc2ccc(F)cc2F)CCCC1NC(=O)c1ccc(C2(C(F)(F)F)NN2)cc1. The van der Waals surface area contributed by atoms with Gasteiger partial charge in [-0.15, -0.1) is 0 Å². The van der Waals surface area contributed by atoms with Crippen molar-refractivity contribution in [1.29, 1.82) is 0 Å². The number of nitrogens with zero attached hydrogens (tertiary/aromatic N) is 1. The van der Waals surface area contributed by atoms with Gasteiger partial charge in [-0.05, 0) is 49.1 Å². The number of carbonyl (C=O) groups is 1. The minimum atomic E-state index is -4.54. The van der Waals surface area contributed by atoms with Crippen molar-refractivity contribution in [1.82, 2.24) is 16.2 Å². The second kappa shape index (κ2) is 8.56. The van der Waals surface area contributed by atoms with Crippen molar-refractivity contribution in [2.75, 3.05) is 0 Å². The molecule has 2 fully saturated rings. The maximum absolute atomic E-state index is 14.0. The molecule has 0 radical (unpaired) electrons. The van der Waals surface area contributed by atoms with Gasteiger partial charge in [0, 0.05) is 29.1 Å². The third-order valence-electron chi connectivity index (χ3n) is 5.65. The van der Waals surface area contributed by atoms with E-state index in [-0.39, 0.29) is 16.8 Å². The third kappa shape index (κ3) is 4.46. The predicted octanol–water partition coefficient (Wildman–Crippen LogP) is 3.69. The standard InChI is InChI=1S/C22H20F5N5O/c23-14-8-9-19(16(24)10-14)29-17-2-1-3-18(15(17)11-28)30-20(33)12-4-6-13(7-5-12)21(31-32-21)22(25,26)27/h4-11,18,31-32H,1-3,28H2,(H,30,33)/b15-11+,29-17?. The molecule has 4 rings (SSSR count). The highest BCUT2D eigenvalue weighted by molar-refractivity contribution is 6.04. The zero-order chi connectivity index (χ0) is 23.8. The van der Waals surface area contributed by atoms with Crippen LogP contribution in [0.1, 0.15) is 35.2 Å². The number of halogens is 5. The van der Waals surface area contributed by atoms with Crippen LogP contribution >= 0.6 is 0 Å². The monoisotopic (exact) mass is 465 g/mol. The Bertz CT molecular complexity index is 1120. The first-order valence-electron chi connectivity index (χ1n) is 10.1. The average Bonchev–Trinajstić information content (AvgIpc) is 3.58. The summed E-state index contributed by atoms with van der Waals surface area (Å²) in [5.74, 6) is -2.04. The summed E-state index contributed by atoms with van der Waals surface area (Å²) in [4.78, 5) is 17.0. The number of carbonyl (C=O) groups excluding carboxylic acids is 1. The smallest absolute Gasteiger partial charge is 0.404 e. The molecule has 33 heavy (non-hydrogen) atoms. The number of hydrazine groups is 1. The van der Waals surface area contributed by atoms with Gasteiger partial charge in [-0.3, -0.25) is 4.79 Å². The number of rotatable bonds is 4. The van der Waals surface area contributed by atoms with Gasteiger partial charge in [-0.2, -0.15) is 13.2 Å². The maximum atomic E-state index is 14.0. The Morgan fingerprint density at radius 1 is 1.15 bits per heavy atom. The van der Waals surface area contributed by atoms with Crippen molar-refractivity contribution in [3.8, 4) is 0 Å². The summed E-state index contributed by atoms with van der Waals surface area (Å²) in [7, 11) is 0. The minimum Gasteiger partial charge on any atom is -0.404 e. The molecule has 0 spiro atoms. The Morgan fingerprint density at radius 3 is 2.42 bits per heavy atom. The summed E-state index contributed by atoms with van der Waals surface area (Å²) in [5.41, 5.74) is 8.69. The van der Waals surface area contributed by atoms with E-state index in [0.29, 0.717) is 30.5 Å². The van der Waals surface area contributed by atoms with Gasteiger partial charge in [0.2, 0.25) is 5.66 Å². The number of nitrogens with one attached hydrogen (secondary N) is 3. The number of hydrogen-bond donors (Lipinski definition) is 4. The Kier molecular flexibility index (Phi) is 5.93. The fourth-order valence-electron chi connectivity index (χ4n) is 3.80. The number of amides is 1. The van der Waals surface area contributed by atoms with E-state index in [0.717, 1.165) is 12.1 Å². The van der Waals surface area contributed by atoms with Crippen molar-refractivity contribution in [2.45, 2.75) is 37.1 Å². The molecule has 0 bridgehead atoms. The average molecular weight is 465 g/mol. The summed E-state index contributed by atoms with van der Waals surface area (Å²) in [6.07, 6.45) is -1.60. The number of alkyl halides is 3.